The average Bonchev–Trinajstić information content (AvgIpc) is 2.09. The van der Waals surface area contributed by atoms with Crippen LogP contribution in [0.15, 0.2) is 16.9 Å². The maximum atomic E-state index is 10.2. The highest BCUT2D eigenvalue weighted by Gasteiger charge is 2.06. The molecule has 0 spiro atoms. The smallest absolute Gasteiger partial charge is 0.404 e. The molecule has 0 unspecified atom stereocenters. The fourth-order valence-electron chi connectivity index (χ4n) is 0.962. The van der Waals surface area contributed by atoms with Crippen LogP contribution in [0, 0.1) is 0 Å². The molecule has 1 aromatic rings. The first-order chi connectivity index (χ1) is 6.61. The third-order valence-corrected chi connectivity index (χ3v) is 2.63. The first kappa shape index (κ1) is 11.3. The minimum atomic E-state index is -1.04. The van der Waals surface area contributed by atoms with Gasteiger partial charge < -0.3 is 10.4 Å². The standard InChI is InChI=1S/C8H8BrClN2O2/c9-7-5(1-3-12-8(13)14)6(10)2-4-11-7/h2,4,12H,1,3H2,(H,13,14). The number of nitrogens with one attached hydrogen (secondary N) is 1. The summed E-state index contributed by atoms with van der Waals surface area (Å²) in [7, 11) is 0. The molecule has 1 amide bonds. The molecule has 14 heavy (non-hydrogen) atoms. The number of rotatable bonds is 3. The van der Waals surface area contributed by atoms with Gasteiger partial charge in [0, 0.05) is 23.3 Å². The minimum absolute atomic E-state index is 0.319. The third-order valence-electron chi connectivity index (χ3n) is 1.60. The molecule has 1 aromatic heterocycles. The second-order valence-electron chi connectivity index (χ2n) is 2.54. The lowest BCUT2D eigenvalue weighted by Crippen LogP contribution is -2.23. The largest absolute Gasteiger partial charge is 0.465 e. The molecular weight excluding hydrogens is 271 g/mol. The van der Waals surface area contributed by atoms with E-state index in [0.29, 0.717) is 22.6 Å². The van der Waals surface area contributed by atoms with Gasteiger partial charge in [0.2, 0.25) is 0 Å². The topological polar surface area (TPSA) is 62.2 Å². The van der Waals surface area contributed by atoms with Crippen LogP contribution in [-0.2, 0) is 6.42 Å². The Morgan fingerprint density at radius 2 is 2.43 bits per heavy atom. The van der Waals surface area contributed by atoms with Crippen molar-refractivity contribution in [2.45, 2.75) is 6.42 Å². The lowest BCUT2D eigenvalue weighted by molar-refractivity contribution is 0.194. The molecule has 0 bridgehead atoms. The number of halogens is 2. The molecule has 0 aliphatic heterocycles. The molecule has 0 saturated carbocycles. The number of amides is 1. The highest BCUT2D eigenvalue weighted by atomic mass is 79.9. The molecule has 6 heteroatoms. The molecule has 1 rings (SSSR count). The van der Waals surface area contributed by atoms with E-state index in [2.05, 4.69) is 26.2 Å². The lowest BCUT2D eigenvalue weighted by atomic mass is 10.2. The third kappa shape index (κ3) is 3.16. The predicted octanol–water partition coefficient (Wildman–Crippen LogP) is 2.31. The molecule has 0 radical (unpaired) electrons. The molecule has 2 N–H and O–H groups in total. The molecule has 0 fully saturated rings. The molecule has 0 aliphatic rings. The van der Waals surface area contributed by atoms with Crippen LogP contribution in [0.25, 0.3) is 0 Å². The highest BCUT2D eigenvalue weighted by Crippen LogP contribution is 2.22. The van der Waals surface area contributed by atoms with Crippen LogP contribution in [0.2, 0.25) is 5.02 Å². The summed E-state index contributed by atoms with van der Waals surface area (Å²) in [5, 5.41) is 11.2. The molecule has 0 aromatic carbocycles. The first-order valence-corrected chi connectivity index (χ1v) is 5.04. The van der Waals surface area contributed by atoms with Crippen LogP contribution in [0.4, 0.5) is 4.79 Å². The fourth-order valence-corrected chi connectivity index (χ4v) is 1.85. The van der Waals surface area contributed by atoms with E-state index in [9.17, 15) is 4.79 Å². The van der Waals surface area contributed by atoms with Gasteiger partial charge in [-0.25, -0.2) is 9.78 Å². The molecule has 0 atom stereocenters. The summed E-state index contributed by atoms with van der Waals surface area (Å²) >= 11 is 9.14. The van der Waals surface area contributed by atoms with Gasteiger partial charge in [-0.05, 0) is 28.4 Å². The predicted molar refractivity (Wildman–Crippen MR) is 56.7 cm³/mol. The maximum absolute atomic E-state index is 10.2. The van der Waals surface area contributed by atoms with Gasteiger partial charge in [-0.3, -0.25) is 0 Å². The van der Waals surface area contributed by atoms with Crippen molar-refractivity contribution in [2.75, 3.05) is 6.54 Å². The van der Waals surface area contributed by atoms with Gasteiger partial charge in [-0.15, -0.1) is 0 Å². The Balaban J connectivity index is 2.62. The van der Waals surface area contributed by atoms with E-state index in [1.165, 1.54) is 0 Å². The number of carbonyl (C=O) groups is 1. The normalized spacial score (nSPS) is 9.86. The summed E-state index contributed by atoms with van der Waals surface area (Å²) in [5.74, 6) is 0. The van der Waals surface area contributed by atoms with Crippen LogP contribution in [-0.4, -0.2) is 22.7 Å². The Hall–Kier alpha value is -0.810. The first-order valence-electron chi connectivity index (χ1n) is 3.87. The summed E-state index contributed by atoms with van der Waals surface area (Å²) in [6.45, 7) is 0.319. The molecule has 1 heterocycles. The van der Waals surface area contributed by atoms with Gasteiger partial charge in [0.05, 0.1) is 0 Å². The molecule has 0 saturated heterocycles. The van der Waals surface area contributed by atoms with E-state index in [4.69, 9.17) is 16.7 Å². The fraction of sp³-hybridized carbons (Fsp3) is 0.250. The van der Waals surface area contributed by atoms with Gasteiger partial charge in [-0.1, -0.05) is 11.6 Å². The Bertz CT molecular complexity index is 326. The summed E-state index contributed by atoms with van der Waals surface area (Å²) in [6, 6.07) is 1.67. The van der Waals surface area contributed by atoms with E-state index in [-0.39, 0.29) is 0 Å². The number of hydrogen-bond acceptors (Lipinski definition) is 2. The second kappa shape index (κ2) is 5.17. The summed E-state index contributed by atoms with van der Waals surface area (Å²) in [6.07, 6.45) is 1.06. The Kier molecular flexibility index (Phi) is 4.16. The molecular formula is C8H8BrClN2O2. The molecule has 4 nitrogen and oxygen atoms in total. The number of pyridine rings is 1. The van der Waals surface area contributed by atoms with E-state index < -0.39 is 6.09 Å². The number of hydrogen-bond donors (Lipinski definition) is 2. The van der Waals surface area contributed by atoms with Crippen LogP contribution in [0.5, 0.6) is 0 Å². The van der Waals surface area contributed by atoms with Crippen molar-refractivity contribution in [3.8, 4) is 0 Å². The van der Waals surface area contributed by atoms with E-state index >= 15 is 0 Å². The van der Waals surface area contributed by atoms with Crippen molar-refractivity contribution in [1.82, 2.24) is 10.3 Å². The van der Waals surface area contributed by atoms with Crippen LogP contribution < -0.4 is 5.32 Å². The van der Waals surface area contributed by atoms with E-state index in [1.54, 1.807) is 12.3 Å². The Morgan fingerprint density at radius 3 is 3.00 bits per heavy atom. The lowest BCUT2D eigenvalue weighted by Gasteiger charge is -2.05. The Morgan fingerprint density at radius 1 is 1.71 bits per heavy atom. The van der Waals surface area contributed by atoms with Gasteiger partial charge in [-0.2, -0.15) is 0 Å². The minimum Gasteiger partial charge on any atom is -0.465 e. The van der Waals surface area contributed by atoms with Crippen molar-refractivity contribution in [3.63, 3.8) is 0 Å². The SMILES string of the molecule is O=C(O)NCCc1c(Cl)ccnc1Br. The van der Waals surface area contributed by atoms with Crippen LogP contribution in [0.3, 0.4) is 0 Å². The van der Waals surface area contributed by atoms with Crippen molar-refractivity contribution in [3.05, 3.63) is 27.5 Å². The van der Waals surface area contributed by atoms with Gasteiger partial charge in [0.25, 0.3) is 0 Å². The van der Waals surface area contributed by atoms with Crippen molar-refractivity contribution in [1.29, 1.82) is 0 Å². The monoisotopic (exact) mass is 278 g/mol. The van der Waals surface area contributed by atoms with Crippen molar-refractivity contribution >= 4 is 33.6 Å². The zero-order chi connectivity index (χ0) is 10.6. The van der Waals surface area contributed by atoms with Gasteiger partial charge in [0.15, 0.2) is 0 Å². The summed E-state index contributed by atoms with van der Waals surface area (Å²) in [4.78, 5) is 14.2. The van der Waals surface area contributed by atoms with Crippen molar-refractivity contribution in [2.24, 2.45) is 0 Å². The molecule has 76 valence electrons. The molecule has 0 aliphatic carbocycles. The number of aromatic nitrogens is 1. The van der Waals surface area contributed by atoms with Gasteiger partial charge >= 0.3 is 6.09 Å². The second-order valence-corrected chi connectivity index (χ2v) is 3.70. The van der Waals surface area contributed by atoms with E-state index in [0.717, 1.165) is 5.56 Å². The quantitative estimate of drug-likeness (QED) is 0.835. The average molecular weight is 280 g/mol. The van der Waals surface area contributed by atoms with Crippen LogP contribution >= 0.6 is 27.5 Å². The highest BCUT2D eigenvalue weighted by molar-refractivity contribution is 9.10. The summed E-state index contributed by atoms with van der Waals surface area (Å²) < 4.78 is 0.650. The van der Waals surface area contributed by atoms with E-state index in [1.807, 2.05) is 0 Å². The summed E-state index contributed by atoms with van der Waals surface area (Å²) in [5.41, 5.74) is 0.808. The Labute approximate surface area is 94.4 Å². The zero-order valence-corrected chi connectivity index (χ0v) is 9.47. The maximum Gasteiger partial charge on any atom is 0.404 e. The van der Waals surface area contributed by atoms with Crippen molar-refractivity contribution < 1.29 is 9.90 Å². The number of nitrogens with zero attached hydrogens (tertiary/aromatic N) is 1. The zero-order valence-electron chi connectivity index (χ0n) is 7.13. The van der Waals surface area contributed by atoms with Crippen LogP contribution in [0.1, 0.15) is 5.56 Å². The van der Waals surface area contributed by atoms with Gasteiger partial charge in [0.1, 0.15) is 4.60 Å². The number of carboxylic acid groups (broad SMARTS) is 1.